The third-order valence-electron chi connectivity index (χ3n) is 8.48. The smallest absolute Gasteiger partial charge is 0.224 e. The summed E-state index contributed by atoms with van der Waals surface area (Å²) >= 11 is 0. The number of benzene rings is 3. The largest absolute Gasteiger partial charge is 0.497 e. The molecule has 0 aromatic heterocycles. The number of carbonyl (C=O) groups is 2. The first-order valence-electron chi connectivity index (χ1n) is 14.7. The van der Waals surface area contributed by atoms with Crippen LogP contribution in [0.2, 0.25) is 0 Å². The molecule has 3 aromatic rings. The molecule has 1 saturated carbocycles. The molecule has 3 aromatic carbocycles. The molecule has 5 rings (SSSR count). The number of aliphatic imine (C=N–C) groups is 1. The van der Waals surface area contributed by atoms with E-state index >= 15 is 0 Å². The van der Waals surface area contributed by atoms with Crippen LogP contribution in [0.4, 0.5) is 17.1 Å². The summed E-state index contributed by atoms with van der Waals surface area (Å²) in [5.41, 5.74) is 5.10. The van der Waals surface area contributed by atoms with Gasteiger partial charge in [-0.1, -0.05) is 30.3 Å². The second-order valence-corrected chi connectivity index (χ2v) is 11.8. The molecule has 1 fully saturated rings. The van der Waals surface area contributed by atoms with Gasteiger partial charge in [-0.15, -0.1) is 0 Å². The minimum Gasteiger partial charge on any atom is -0.497 e. The van der Waals surface area contributed by atoms with Gasteiger partial charge in [0.05, 0.1) is 37.6 Å². The predicted octanol–water partition coefficient (Wildman–Crippen LogP) is 7.27. The molecule has 220 valence electrons. The van der Waals surface area contributed by atoms with Gasteiger partial charge in [0.15, 0.2) is 0 Å². The highest BCUT2D eigenvalue weighted by atomic mass is 16.5. The van der Waals surface area contributed by atoms with Gasteiger partial charge in [-0.25, -0.2) is 0 Å². The number of anilines is 2. The lowest BCUT2D eigenvalue weighted by Gasteiger charge is -2.39. The molecule has 7 heteroatoms. The minimum absolute atomic E-state index is 0.00925. The predicted molar refractivity (Wildman–Crippen MR) is 169 cm³/mol. The van der Waals surface area contributed by atoms with Crippen LogP contribution in [-0.2, 0) is 9.59 Å². The number of ketones is 1. The van der Waals surface area contributed by atoms with Gasteiger partial charge in [-0.05, 0) is 75.9 Å². The minimum atomic E-state index is -0.596. The Hall–Kier alpha value is -4.13. The number of hydrogen-bond donors (Lipinski definition) is 0. The van der Waals surface area contributed by atoms with Gasteiger partial charge >= 0.3 is 0 Å². The number of carbonyl (C=O) groups excluding carboxylic acids is 2. The summed E-state index contributed by atoms with van der Waals surface area (Å²) in [6.45, 7) is 10.2. The Morgan fingerprint density at radius 1 is 0.929 bits per heavy atom. The maximum absolute atomic E-state index is 14.3. The van der Waals surface area contributed by atoms with Gasteiger partial charge in [-0.2, -0.15) is 0 Å². The van der Waals surface area contributed by atoms with Crippen LogP contribution in [0.25, 0.3) is 0 Å². The van der Waals surface area contributed by atoms with Gasteiger partial charge in [-0.3, -0.25) is 14.6 Å². The van der Waals surface area contributed by atoms with Gasteiger partial charge in [0, 0.05) is 48.5 Å². The second-order valence-electron chi connectivity index (χ2n) is 11.8. The summed E-state index contributed by atoms with van der Waals surface area (Å²) in [6, 6.07) is 21.7. The van der Waals surface area contributed by atoms with Crippen LogP contribution < -0.4 is 19.3 Å². The molecule has 2 aliphatic rings. The maximum atomic E-state index is 14.3. The van der Waals surface area contributed by atoms with Crippen molar-refractivity contribution in [3.05, 3.63) is 77.9 Å². The Bertz CT molecular complexity index is 1490. The quantitative estimate of drug-likeness (QED) is 0.300. The zero-order chi connectivity index (χ0) is 30.1. The molecule has 0 bridgehead atoms. The molecule has 1 aliphatic heterocycles. The van der Waals surface area contributed by atoms with Crippen molar-refractivity contribution in [3.63, 3.8) is 0 Å². The highest BCUT2D eigenvalue weighted by Crippen LogP contribution is 2.49. The lowest BCUT2D eigenvalue weighted by atomic mass is 9.72. The number of amides is 1. The average Bonchev–Trinajstić information content (AvgIpc) is 3.11. The van der Waals surface area contributed by atoms with Crippen molar-refractivity contribution in [3.8, 4) is 11.5 Å². The van der Waals surface area contributed by atoms with E-state index in [1.165, 1.54) is 0 Å². The van der Waals surface area contributed by atoms with E-state index in [9.17, 15) is 9.59 Å². The van der Waals surface area contributed by atoms with Crippen molar-refractivity contribution in [2.45, 2.75) is 71.5 Å². The first kappa shape index (κ1) is 29.4. The third-order valence-corrected chi connectivity index (χ3v) is 8.48. The lowest BCUT2D eigenvalue weighted by molar-refractivity contribution is -0.123. The fourth-order valence-electron chi connectivity index (χ4n) is 6.79. The summed E-state index contributed by atoms with van der Waals surface area (Å²) in [6.07, 6.45) is 0.984. The molecule has 3 atom stereocenters. The van der Waals surface area contributed by atoms with E-state index in [0.717, 1.165) is 28.3 Å². The van der Waals surface area contributed by atoms with Crippen molar-refractivity contribution in [1.29, 1.82) is 0 Å². The molecule has 0 N–H and O–H groups in total. The van der Waals surface area contributed by atoms with Gasteiger partial charge in [0.2, 0.25) is 5.91 Å². The van der Waals surface area contributed by atoms with E-state index in [-0.39, 0.29) is 29.7 Å². The Labute approximate surface area is 249 Å². The number of ether oxygens (including phenoxy) is 2. The van der Waals surface area contributed by atoms with Crippen LogP contribution in [0.15, 0.2) is 71.7 Å². The van der Waals surface area contributed by atoms with Gasteiger partial charge < -0.3 is 19.3 Å². The van der Waals surface area contributed by atoms with E-state index in [1.807, 2.05) is 60.7 Å². The maximum Gasteiger partial charge on any atom is 0.224 e. The van der Waals surface area contributed by atoms with Gasteiger partial charge in [0.1, 0.15) is 17.3 Å². The highest BCUT2D eigenvalue weighted by molar-refractivity contribution is 6.13. The number of Topliss-reactive ketones (excluding diaryl/α,β-unsaturated/α-hetero) is 1. The van der Waals surface area contributed by atoms with E-state index in [1.54, 1.807) is 26.0 Å². The first-order chi connectivity index (χ1) is 20.1. The lowest BCUT2D eigenvalue weighted by Crippen LogP contribution is -2.45. The van der Waals surface area contributed by atoms with Crippen LogP contribution in [-0.4, -0.2) is 43.7 Å². The molecule has 0 radical (unpaired) electrons. The SMILES string of the molecule is COc1ccc(C2CC(=O)C3C(=Nc4ccccc4N(C(C)=O)C3c3ccc(N(C(C)C)C(C)C)cc3OC)C2)cc1. The molecule has 0 saturated heterocycles. The Kier molecular flexibility index (Phi) is 8.39. The Balaban J connectivity index is 1.66. The van der Waals surface area contributed by atoms with Crippen LogP contribution in [0, 0.1) is 5.92 Å². The molecule has 42 heavy (non-hydrogen) atoms. The van der Waals surface area contributed by atoms with Crippen LogP contribution >= 0.6 is 0 Å². The summed E-state index contributed by atoms with van der Waals surface area (Å²) in [5.74, 6) is 0.750. The van der Waals surface area contributed by atoms with Gasteiger partial charge in [0.25, 0.3) is 0 Å². The fraction of sp³-hybridized carbons (Fsp3) is 0.400. The average molecular weight is 568 g/mol. The zero-order valence-electron chi connectivity index (χ0n) is 25.6. The molecule has 3 unspecified atom stereocenters. The molecular weight excluding hydrogens is 526 g/mol. The standard InChI is InChI=1S/C35H41N3O4/c1-21(2)37(22(3)4)26-14-17-28(33(20-26)42-7)35-34-30(36-29-10-8-9-11-31(29)38(35)23(5)39)18-25(19-32(34)40)24-12-15-27(41-6)16-13-24/h8-17,20-22,25,34-35H,18-19H2,1-7H3. The molecule has 7 nitrogen and oxygen atoms in total. The van der Waals surface area contributed by atoms with E-state index < -0.39 is 12.0 Å². The van der Waals surface area contributed by atoms with Crippen molar-refractivity contribution in [1.82, 2.24) is 0 Å². The summed E-state index contributed by atoms with van der Waals surface area (Å²) in [4.78, 5) is 36.9. The van der Waals surface area contributed by atoms with Crippen molar-refractivity contribution in [2.75, 3.05) is 24.0 Å². The van der Waals surface area contributed by atoms with Crippen molar-refractivity contribution >= 4 is 34.5 Å². The van der Waals surface area contributed by atoms with Crippen molar-refractivity contribution in [2.24, 2.45) is 10.9 Å². The molecule has 1 aliphatic carbocycles. The number of rotatable bonds is 7. The number of nitrogens with zero attached hydrogens (tertiary/aromatic N) is 3. The van der Waals surface area contributed by atoms with E-state index in [0.29, 0.717) is 30.0 Å². The number of methoxy groups -OCH3 is 2. The van der Waals surface area contributed by atoms with E-state index in [4.69, 9.17) is 14.5 Å². The summed E-state index contributed by atoms with van der Waals surface area (Å²) in [5, 5.41) is 0. The topological polar surface area (TPSA) is 71.4 Å². The Morgan fingerprint density at radius 2 is 1.62 bits per heavy atom. The number of fused-ring (bicyclic) bond motifs is 2. The first-order valence-corrected chi connectivity index (χ1v) is 14.7. The normalized spacial score (nSPS) is 20.0. The fourth-order valence-corrected chi connectivity index (χ4v) is 6.79. The zero-order valence-corrected chi connectivity index (χ0v) is 25.6. The van der Waals surface area contributed by atoms with Crippen LogP contribution in [0.5, 0.6) is 11.5 Å². The van der Waals surface area contributed by atoms with Crippen molar-refractivity contribution < 1.29 is 19.1 Å². The molecular formula is C35H41N3O4. The molecule has 1 heterocycles. The Morgan fingerprint density at radius 3 is 2.24 bits per heavy atom. The highest BCUT2D eigenvalue weighted by Gasteiger charge is 2.46. The summed E-state index contributed by atoms with van der Waals surface area (Å²) in [7, 11) is 3.30. The monoisotopic (exact) mass is 567 g/mol. The summed E-state index contributed by atoms with van der Waals surface area (Å²) < 4.78 is 11.3. The number of hydrogen-bond acceptors (Lipinski definition) is 6. The third kappa shape index (κ3) is 5.40. The molecule has 0 spiro atoms. The molecule has 1 amide bonds. The van der Waals surface area contributed by atoms with Crippen LogP contribution in [0.3, 0.4) is 0 Å². The van der Waals surface area contributed by atoms with E-state index in [2.05, 4.69) is 38.7 Å². The second kappa shape index (κ2) is 12.0. The van der Waals surface area contributed by atoms with Crippen LogP contribution in [0.1, 0.15) is 70.5 Å². The number of para-hydroxylation sites is 2.